The van der Waals surface area contributed by atoms with Crippen LogP contribution in [0.3, 0.4) is 0 Å². The molecule has 0 heterocycles. The maximum atomic E-state index is 14.1. The molecule has 1 N–H and O–H groups in total. The fourth-order valence-corrected chi connectivity index (χ4v) is 3.71. The molecule has 1 fully saturated rings. The van der Waals surface area contributed by atoms with E-state index in [1.54, 1.807) is 33.6 Å². The van der Waals surface area contributed by atoms with Gasteiger partial charge in [0.15, 0.2) is 23.3 Å². The van der Waals surface area contributed by atoms with Gasteiger partial charge < -0.3 is 5.11 Å². The van der Waals surface area contributed by atoms with Gasteiger partial charge in [-0.05, 0) is 17.3 Å². The summed E-state index contributed by atoms with van der Waals surface area (Å²) in [6.45, 7) is 6.55. The van der Waals surface area contributed by atoms with Gasteiger partial charge in [-0.25, -0.2) is 17.6 Å². The van der Waals surface area contributed by atoms with Crippen LogP contribution < -0.4 is 0 Å². The Morgan fingerprint density at radius 3 is 1.65 bits per heavy atom. The first-order chi connectivity index (χ1) is 10.4. The molecule has 0 bridgehead atoms. The van der Waals surface area contributed by atoms with Crippen LogP contribution in [0.25, 0.3) is 0 Å². The zero-order chi connectivity index (χ0) is 18.0. The predicted octanol–water partition coefficient (Wildman–Crippen LogP) is 3.90. The van der Waals surface area contributed by atoms with Gasteiger partial charge in [0, 0.05) is 5.56 Å². The molecule has 0 aromatic heterocycles. The minimum atomic E-state index is -1.68. The Kier molecular flexibility index (Phi) is 3.56. The largest absolute Gasteiger partial charge is 0.481 e. The van der Waals surface area contributed by atoms with Crippen LogP contribution in [0.4, 0.5) is 17.6 Å². The number of carboxylic acid groups (broad SMARTS) is 1. The number of hydrogen-bond donors (Lipinski definition) is 1. The molecule has 1 aromatic carbocycles. The Bertz CT molecular complexity index is 714. The number of halogens is 4. The predicted molar refractivity (Wildman–Crippen MR) is 75.5 cm³/mol. The van der Waals surface area contributed by atoms with Gasteiger partial charge in [-0.15, -0.1) is 6.42 Å². The molecule has 23 heavy (non-hydrogen) atoms. The topological polar surface area (TPSA) is 37.3 Å². The van der Waals surface area contributed by atoms with Crippen molar-refractivity contribution in [1.82, 2.24) is 0 Å². The molecular formula is C17H16F4O2. The molecule has 2 nitrogen and oxygen atoms in total. The van der Waals surface area contributed by atoms with E-state index >= 15 is 0 Å². The Morgan fingerprint density at radius 1 is 1.00 bits per heavy atom. The van der Waals surface area contributed by atoms with E-state index in [9.17, 15) is 27.5 Å². The smallest absolute Gasteiger partial charge is 0.311 e. The van der Waals surface area contributed by atoms with Crippen LogP contribution in [-0.4, -0.2) is 11.1 Å². The lowest BCUT2D eigenvalue weighted by atomic mass is 9.86. The monoisotopic (exact) mass is 328 g/mol. The highest BCUT2D eigenvalue weighted by atomic mass is 19.2. The van der Waals surface area contributed by atoms with Gasteiger partial charge in [-0.2, -0.15) is 0 Å². The average molecular weight is 328 g/mol. The molecule has 0 saturated heterocycles. The van der Waals surface area contributed by atoms with E-state index in [1.165, 1.54) is 0 Å². The van der Waals surface area contributed by atoms with E-state index in [2.05, 4.69) is 0 Å². The molecule has 1 aliphatic rings. The van der Waals surface area contributed by atoms with Crippen LogP contribution in [0.2, 0.25) is 0 Å². The van der Waals surface area contributed by atoms with E-state index in [0.717, 1.165) is 0 Å². The Labute approximate surface area is 131 Å². The summed E-state index contributed by atoms with van der Waals surface area (Å²) < 4.78 is 55.9. The highest BCUT2D eigenvalue weighted by molar-refractivity contribution is 5.82. The maximum Gasteiger partial charge on any atom is 0.311 e. The van der Waals surface area contributed by atoms with Crippen molar-refractivity contribution in [1.29, 1.82) is 0 Å². The van der Waals surface area contributed by atoms with Gasteiger partial charge in [0.2, 0.25) is 0 Å². The number of rotatable bonds is 3. The lowest BCUT2D eigenvalue weighted by molar-refractivity contribution is -0.145. The van der Waals surface area contributed by atoms with Crippen molar-refractivity contribution in [3.05, 3.63) is 34.4 Å². The van der Waals surface area contributed by atoms with Crippen LogP contribution in [-0.2, 0) is 11.2 Å². The van der Waals surface area contributed by atoms with Crippen molar-refractivity contribution in [3.63, 3.8) is 0 Å². The lowest BCUT2D eigenvalue weighted by Gasteiger charge is -2.18. The summed E-state index contributed by atoms with van der Waals surface area (Å²) in [7, 11) is 0. The van der Waals surface area contributed by atoms with Gasteiger partial charge >= 0.3 is 5.97 Å². The first-order valence-electron chi connectivity index (χ1n) is 6.93. The van der Waals surface area contributed by atoms with E-state index < -0.39 is 63.0 Å². The number of carbonyl (C=O) groups is 1. The fourth-order valence-electron chi connectivity index (χ4n) is 3.71. The first-order valence-corrected chi connectivity index (χ1v) is 6.93. The van der Waals surface area contributed by atoms with Crippen LogP contribution >= 0.6 is 0 Å². The maximum absolute atomic E-state index is 14.1. The third kappa shape index (κ3) is 1.79. The molecule has 1 aliphatic carbocycles. The summed E-state index contributed by atoms with van der Waals surface area (Å²) in [4.78, 5) is 11.8. The molecule has 6 heteroatoms. The van der Waals surface area contributed by atoms with Crippen LogP contribution in [0.5, 0.6) is 0 Å². The fraction of sp³-hybridized carbons (Fsp3) is 0.471. The molecule has 0 unspecified atom stereocenters. The van der Waals surface area contributed by atoms with Crippen molar-refractivity contribution in [2.75, 3.05) is 0 Å². The molecule has 1 saturated carbocycles. The highest BCUT2D eigenvalue weighted by Gasteiger charge is 2.81. The zero-order valence-corrected chi connectivity index (χ0v) is 13.2. The Balaban J connectivity index is 2.67. The molecule has 0 radical (unpaired) electrons. The van der Waals surface area contributed by atoms with E-state index in [0.29, 0.717) is 0 Å². The van der Waals surface area contributed by atoms with Crippen molar-refractivity contribution < 1.29 is 27.5 Å². The zero-order valence-electron chi connectivity index (χ0n) is 13.2. The average Bonchev–Trinajstić information content (AvgIpc) is 2.80. The molecule has 1 aromatic rings. The second-order valence-electron chi connectivity index (χ2n) is 6.89. The third-order valence-corrected chi connectivity index (χ3v) is 5.94. The number of carboxylic acids is 1. The summed E-state index contributed by atoms with van der Waals surface area (Å²) in [6, 6.07) is 0. The van der Waals surface area contributed by atoms with Gasteiger partial charge in [-0.1, -0.05) is 33.6 Å². The molecule has 0 atom stereocenters. The third-order valence-electron chi connectivity index (χ3n) is 5.94. The number of hydrogen-bond acceptors (Lipinski definition) is 1. The second kappa shape index (κ2) is 4.73. The SMILES string of the molecule is C#Cc1c(F)c(F)c(CC2(C(=O)O)C(C)(C)C2(C)C)c(F)c1F. The van der Waals surface area contributed by atoms with E-state index in [-0.39, 0.29) is 0 Å². The summed E-state index contributed by atoms with van der Waals surface area (Å²) in [6.07, 6.45) is 4.19. The summed E-state index contributed by atoms with van der Waals surface area (Å²) >= 11 is 0. The van der Waals surface area contributed by atoms with E-state index in [1.807, 2.05) is 0 Å². The van der Waals surface area contributed by atoms with Crippen molar-refractivity contribution >= 4 is 5.97 Å². The number of benzene rings is 1. The van der Waals surface area contributed by atoms with Crippen LogP contribution in [0, 0.1) is 51.9 Å². The quantitative estimate of drug-likeness (QED) is 0.519. The van der Waals surface area contributed by atoms with Gasteiger partial charge in [-0.3, -0.25) is 4.79 Å². The molecule has 124 valence electrons. The van der Waals surface area contributed by atoms with Gasteiger partial charge in [0.25, 0.3) is 0 Å². The summed E-state index contributed by atoms with van der Waals surface area (Å²) in [5.41, 5.74) is -5.24. The Hall–Kier alpha value is -2.03. The first kappa shape index (κ1) is 17.3. The van der Waals surface area contributed by atoms with Crippen molar-refractivity contribution in [2.45, 2.75) is 34.1 Å². The van der Waals surface area contributed by atoms with Crippen LogP contribution in [0.15, 0.2) is 0 Å². The molecule has 2 rings (SSSR count). The number of terminal acetylenes is 1. The molecule has 0 aliphatic heterocycles. The summed E-state index contributed by atoms with van der Waals surface area (Å²) in [5, 5.41) is 9.59. The van der Waals surface area contributed by atoms with E-state index in [4.69, 9.17) is 6.42 Å². The van der Waals surface area contributed by atoms with Crippen molar-refractivity contribution in [3.8, 4) is 12.3 Å². The van der Waals surface area contributed by atoms with Crippen molar-refractivity contribution in [2.24, 2.45) is 16.2 Å². The normalized spacial score (nSPS) is 20.0. The van der Waals surface area contributed by atoms with Crippen LogP contribution in [0.1, 0.15) is 38.8 Å². The Morgan fingerprint density at radius 2 is 1.39 bits per heavy atom. The minimum Gasteiger partial charge on any atom is -0.481 e. The highest BCUT2D eigenvalue weighted by Crippen LogP contribution is 2.79. The molecule has 0 amide bonds. The molecule has 0 spiro atoms. The summed E-state index contributed by atoms with van der Waals surface area (Å²) in [5.74, 6) is -6.36. The standard InChI is InChI=1S/C17H16F4O2/c1-6-8-10(18)12(20)9(13(21)11(8)19)7-17(14(22)23)15(2,3)16(17,4)5/h1H,7H2,2-5H3,(H,22,23). The lowest BCUT2D eigenvalue weighted by Crippen LogP contribution is -2.27. The van der Waals surface area contributed by atoms with Gasteiger partial charge in [0.1, 0.15) is 5.56 Å². The molecular weight excluding hydrogens is 312 g/mol. The second-order valence-corrected chi connectivity index (χ2v) is 6.89. The minimum absolute atomic E-state index is 0.668. The number of aliphatic carboxylic acids is 1. The van der Waals surface area contributed by atoms with Gasteiger partial charge in [0.05, 0.1) is 5.41 Å².